The molecule has 1 aliphatic heterocycles. The molecule has 1 heterocycles. The zero-order chi connectivity index (χ0) is 6.04. The Morgan fingerprint density at radius 2 is 2.38 bits per heavy atom. The van der Waals surface area contributed by atoms with Crippen molar-refractivity contribution in [1.82, 2.24) is 0 Å². The molecule has 0 aromatic rings. The van der Waals surface area contributed by atoms with Crippen LogP contribution in [-0.4, -0.2) is 25.3 Å². The van der Waals surface area contributed by atoms with Gasteiger partial charge in [-0.3, -0.25) is 0 Å². The van der Waals surface area contributed by atoms with E-state index in [9.17, 15) is 4.79 Å². The van der Waals surface area contributed by atoms with Gasteiger partial charge in [-0.1, -0.05) is 0 Å². The van der Waals surface area contributed by atoms with Crippen LogP contribution in [0.25, 0.3) is 0 Å². The van der Waals surface area contributed by atoms with Crippen LogP contribution in [0, 0.1) is 0 Å². The summed E-state index contributed by atoms with van der Waals surface area (Å²) in [5, 5.41) is 0. The van der Waals surface area contributed by atoms with Crippen LogP contribution in [0.3, 0.4) is 0 Å². The Kier molecular flexibility index (Phi) is 1.21. The summed E-state index contributed by atoms with van der Waals surface area (Å²) in [6.45, 7) is 4.19. The first-order valence-corrected chi connectivity index (χ1v) is 2.40. The van der Waals surface area contributed by atoms with E-state index < -0.39 is 0 Å². The first kappa shape index (κ1) is 5.56. The summed E-state index contributed by atoms with van der Waals surface area (Å²) in [6, 6.07) is 0. The van der Waals surface area contributed by atoms with Gasteiger partial charge in [0, 0.05) is 0 Å². The fourth-order valence-corrected chi connectivity index (χ4v) is 0.549. The van der Waals surface area contributed by atoms with Crippen molar-refractivity contribution in [3.8, 4) is 0 Å². The van der Waals surface area contributed by atoms with Crippen molar-refractivity contribution in [3.63, 3.8) is 0 Å². The van der Waals surface area contributed by atoms with Gasteiger partial charge in [0.1, 0.15) is 0 Å². The maximum Gasteiger partial charge on any atom is 0.418 e. The third kappa shape index (κ3) is 0.816. The Bertz CT molecular complexity index is 95.8. The first-order chi connectivity index (χ1) is 3.77. The van der Waals surface area contributed by atoms with E-state index >= 15 is 0 Å². The lowest BCUT2D eigenvalue weighted by Crippen LogP contribution is -2.48. The molecule has 45 valence electrons. The minimum Gasteiger partial charge on any atom is -0.446 e. The van der Waals surface area contributed by atoms with Crippen molar-refractivity contribution >= 4 is 6.47 Å². The smallest absolute Gasteiger partial charge is 0.418 e. The fourth-order valence-electron chi connectivity index (χ4n) is 0.549. The quantitative estimate of drug-likeness (QED) is 0.502. The predicted octanol–water partition coefficient (Wildman–Crippen LogP) is -0.141. The number of ether oxygens (including phenoxy) is 2. The number of hydrogen-bond acceptors (Lipinski definition) is 3. The average molecular weight is 115 g/mol. The van der Waals surface area contributed by atoms with Crippen molar-refractivity contribution in [2.45, 2.75) is 12.5 Å². The molecule has 3 heteroatoms. The van der Waals surface area contributed by atoms with E-state index in [4.69, 9.17) is 4.74 Å². The largest absolute Gasteiger partial charge is 0.446 e. The van der Waals surface area contributed by atoms with Crippen molar-refractivity contribution in [1.29, 1.82) is 0 Å². The highest BCUT2D eigenvalue weighted by molar-refractivity contribution is 5.39. The second-order valence-corrected chi connectivity index (χ2v) is 2.13. The molecule has 1 radical (unpaired) electrons. The van der Waals surface area contributed by atoms with E-state index in [1.54, 1.807) is 6.92 Å². The topological polar surface area (TPSA) is 35.5 Å². The van der Waals surface area contributed by atoms with Gasteiger partial charge in [-0.25, -0.2) is 4.79 Å². The first-order valence-electron chi connectivity index (χ1n) is 2.40. The van der Waals surface area contributed by atoms with Crippen LogP contribution >= 0.6 is 0 Å². The minimum atomic E-state index is -0.373. The third-order valence-corrected chi connectivity index (χ3v) is 1.10. The summed E-state index contributed by atoms with van der Waals surface area (Å²) >= 11 is 0. The van der Waals surface area contributed by atoms with Crippen LogP contribution in [0.4, 0.5) is 0 Å². The normalized spacial score (nSPS) is 23.6. The van der Waals surface area contributed by atoms with E-state index in [2.05, 4.69) is 4.74 Å². The van der Waals surface area contributed by atoms with Crippen LogP contribution in [-0.2, 0) is 14.3 Å². The Labute approximate surface area is 47.6 Å². The predicted molar refractivity (Wildman–Crippen MR) is 26.0 cm³/mol. The van der Waals surface area contributed by atoms with Gasteiger partial charge in [0.05, 0.1) is 13.2 Å². The summed E-state index contributed by atoms with van der Waals surface area (Å²) in [5.41, 5.74) is -0.373. The minimum absolute atomic E-state index is 0.373. The molecule has 0 spiro atoms. The van der Waals surface area contributed by atoms with Gasteiger partial charge in [-0.2, -0.15) is 0 Å². The van der Waals surface area contributed by atoms with E-state index in [-0.39, 0.29) is 5.60 Å². The zero-order valence-electron chi connectivity index (χ0n) is 4.64. The maximum absolute atomic E-state index is 9.61. The molecular weight excluding hydrogens is 108 g/mol. The van der Waals surface area contributed by atoms with Crippen LogP contribution in [0.2, 0.25) is 0 Å². The zero-order valence-corrected chi connectivity index (χ0v) is 4.64. The van der Waals surface area contributed by atoms with Crippen LogP contribution in [0.1, 0.15) is 6.92 Å². The van der Waals surface area contributed by atoms with E-state index in [1.165, 1.54) is 6.47 Å². The van der Waals surface area contributed by atoms with Gasteiger partial charge >= 0.3 is 6.47 Å². The Morgan fingerprint density at radius 1 is 1.75 bits per heavy atom. The van der Waals surface area contributed by atoms with Gasteiger partial charge < -0.3 is 9.47 Å². The molecule has 1 saturated heterocycles. The molecule has 0 aromatic heterocycles. The van der Waals surface area contributed by atoms with E-state index in [0.29, 0.717) is 13.2 Å². The van der Waals surface area contributed by atoms with Gasteiger partial charge in [0.2, 0.25) is 0 Å². The molecule has 0 amide bonds. The molecule has 1 aliphatic rings. The summed E-state index contributed by atoms with van der Waals surface area (Å²) in [6.07, 6.45) is 0. The van der Waals surface area contributed by atoms with Crippen molar-refractivity contribution in [2.75, 3.05) is 13.2 Å². The molecular formula is C5H7O3. The average Bonchev–Trinajstić information content (AvgIpc) is 1.64. The highest BCUT2D eigenvalue weighted by Crippen LogP contribution is 2.18. The van der Waals surface area contributed by atoms with Crippen molar-refractivity contribution in [2.24, 2.45) is 0 Å². The second-order valence-electron chi connectivity index (χ2n) is 2.13. The Morgan fingerprint density at radius 3 is 2.50 bits per heavy atom. The monoisotopic (exact) mass is 115 g/mol. The van der Waals surface area contributed by atoms with Gasteiger partial charge in [-0.05, 0) is 6.92 Å². The lowest BCUT2D eigenvalue weighted by Gasteiger charge is -2.34. The highest BCUT2D eigenvalue weighted by Gasteiger charge is 2.35. The third-order valence-electron chi connectivity index (χ3n) is 1.10. The lowest BCUT2D eigenvalue weighted by atomic mass is 10.1. The molecule has 1 fully saturated rings. The molecule has 1 rings (SSSR count). The van der Waals surface area contributed by atoms with Gasteiger partial charge in [0.25, 0.3) is 0 Å². The van der Waals surface area contributed by atoms with Crippen LogP contribution < -0.4 is 0 Å². The molecule has 0 N–H and O–H groups in total. The Balaban J connectivity index is 2.29. The van der Waals surface area contributed by atoms with Crippen LogP contribution in [0.5, 0.6) is 0 Å². The molecule has 0 aromatic carbocycles. The summed E-state index contributed by atoms with van der Waals surface area (Å²) in [5.74, 6) is 0. The molecule has 3 nitrogen and oxygen atoms in total. The highest BCUT2D eigenvalue weighted by atomic mass is 16.6. The molecule has 0 aliphatic carbocycles. The van der Waals surface area contributed by atoms with E-state index in [0.717, 1.165) is 0 Å². The molecule has 0 saturated carbocycles. The van der Waals surface area contributed by atoms with E-state index in [1.807, 2.05) is 0 Å². The summed E-state index contributed by atoms with van der Waals surface area (Å²) in [7, 11) is 0. The van der Waals surface area contributed by atoms with Crippen LogP contribution in [0.15, 0.2) is 0 Å². The lowest BCUT2D eigenvalue weighted by molar-refractivity contribution is -0.157. The Hall–Kier alpha value is -0.570. The second kappa shape index (κ2) is 1.74. The van der Waals surface area contributed by atoms with Crippen molar-refractivity contribution < 1.29 is 14.3 Å². The molecule has 0 unspecified atom stereocenters. The fraction of sp³-hybridized carbons (Fsp3) is 0.800. The molecule has 8 heavy (non-hydrogen) atoms. The van der Waals surface area contributed by atoms with Gasteiger partial charge in [-0.15, -0.1) is 0 Å². The molecule has 0 bridgehead atoms. The SMILES string of the molecule is CC1(O[C]=O)COC1. The standard InChI is InChI=1S/C5H7O3/c1-5(8-4-6)2-7-3-5/h2-3H2,1H3. The van der Waals surface area contributed by atoms with Gasteiger partial charge in [0.15, 0.2) is 5.60 Å². The number of hydrogen-bond donors (Lipinski definition) is 0. The summed E-state index contributed by atoms with van der Waals surface area (Å²) < 4.78 is 9.32. The summed E-state index contributed by atoms with van der Waals surface area (Å²) in [4.78, 5) is 9.61. The molecule has 0 atom stereocenters. The van der Waals surface area contributed by atoms with Crippen molar-refractivity contribution in [3.05, 3.63) is 0 Å². The maximum atomic E-state index is 9.61. The number of rotatable bonds is 2. The number of carbonyl (C=O) groups excluding carboxylic acids is 1.